The molecule has 0 bridgehead atoms. The van der Waals surface area contributed by atoms with Gasteiger partial charge < -0.3 is 10.0 Å². The highest BCUT2D eigenvalue weighted by Crippen LogP contribution is 2.30. The number of carbonyl (C=O) groups is 1. The average molecular weight is 320 g/mol. The number of aromatic carboxylic acids is 1. The first-order valence-corrected chi connectivity index (χ1v) is 8.76. The van der Waals surface area contributed by atoms with Gasteiger partial charge in [0.25, 0.3) is 0 Å². The summed E-state index contributed by atoms with van der Waals surface area (Å²) in [6.45, 7) is 3.76. The topological polar surface area (TPSA) is 53.4 Å². The Morgan fingerprint density at radius 2 is 2.00 bits per heavy atom. The molecule has 6 heteroatoms. The lowest BCUT2D eigenvalue weighted by Gasteiger charge is -2.28. The van der Waals surface area contributed by atoms with Crippen molar-refractivity contribution in [2.24, 2.45) is 0 Å². The standard InChI is InChI=1S/C15H16N2O2S2/c1-10-2-5-13(21-10)12-4-3-11(15(18)19)14(16-12)17-6-8-20-9-7-17/h2-5H,6-9H2,1H3,(H,18,19). The van der Waals surface area contributed by atoms with Crippen molar-refractivity contribution in [3.63, 3.8) is 0 Å². The summed E-state index contributed by atoms with van der Waals surface area (Å²) in [5.74, 6) is 1.72. The average Bonchev–Trinajstić information content (AvgIpc) is 2.94. The van der Waals surface area contributed by atoms with Crippen LogP contribution in [0.5, 0.6) is 0 Å². The third-order valence-corrected chi connectivity index (χ3v) is 5.37. The van der Waals surface area contributed by atoms with Crippen LogP contribution < -0.4 is 4.90 Å². The van der Waals surface area contributed by atoms with Crippen molar-refractivity contribution in [3.8, 4) is 10.6 Å². The molecule has 1 aliphatic rings. The lowest BCUT2D eigenvalue weighted by atomic mass is 10.2. The van der Waals surface area contributed by atoms with Gasteiger partial charge in [-0.2, -0.15) is 11.8 Å². The second-order valence-electron chi connectivity index (χ2n) is 4.88. The van der Waals surface area contributed by atoms with Crippen molar-refractivity contribution in [2.75, 3.05) is 29.5 Å². The van der Waals surface area contributed by atoms with E-state index in [1.807, 2.05) is 17.8 Å². The van der Waals surface area contributed by atoms with E-state index in [2.05, 4.69) is 22.9 Å². The van der Waals surface area contributed by atoms with Gasteiger partial charge in [0, 0.05) is 29.5 Å². The highest BCUT2D eigenvalue weighted by Gasteiger charge is 2.21. The van der Waals surface area contributed by atoms with Gasteiger partial charge in [-0.3, -0.25) is 0 Å². The molecular weight excluding hydrogens is 304 g/mol. The second-order valence-corrected chi connectivity index (χ2v) is 7.40. The molecule has 0 aromatic carbocycles. The maximum absolute atomic E-state index is 11.4. The lowest BCUT2D eigenvalue weighted by molar-refractivity contribution is 0.0697. The van der Waals surface area contributed by atoms with Crippen molar-refractivity contribution in [2.45, 2.75) is 6.92 Å². The second kappa shape index (κ2) is 6.07. The van der Waals surface area contributed by atoms with E-state index in [1.165, 1.54) is 4.88 Å². The number of hydrogen-bond acceptors (Lipinski definition) is 5. The van der Waals surface area contributed by atoms with Crippen LogP contribution in [0.2, 0.25) is 0 Å². The molecule has 0 radical (unpaired) electrons. The van der Waals surface area contributed by atoms with E-state index in [9.17, 15) is 9.90 Å². The van der Waals surface area contributed by atoms with E-state index in [0.29, 0.717) is 11.4 Å². The van der Waals surface area contributed by atoms with Crippen LogP contribution in [0.3, 0.4) is 0 Å². The summed E-state index contributed by atoms with van der Waals surface area (Å²) in [7, 11) is 0. The first-order valence-electron chi connectivity index (χ1n) is 6.79. The SMILES string of the molecule is Cc1ccc(-c2ccc(C(=O)O)c(N3CCSCC3)n2)s1. The smallest absolute Gasteiger partial charge is 0.339 e. The lowest BCUT2D eigenvalue weighted by Crippen LogP contribution is -2.34. The van der Waals surface area contributed by atoms with Crippen LogP contribution in [0, 0.1) is 6.92 Å². The Morgan fingerprint density at radius 1 is 1.24 bits per heavy atom. The minimum absolute atomic E-state index is 0.291. The zero-order valence-corrected chi connectivity index (χ0v) is 13.3. The molecule has 1 saturated heterocycles. The van der Waals surface area contributed by atoms with Crippen LogP contribution in [0.4, 0.5) is 5.82 Å². The van der Waals surface area contributed by atoms with Crippen molar-refractivity contribution >= 4 is 34.9 Å². The Morgan fingerprint density at radius 3 is 2.62 bits per heavy atom. The van der Waals surface area contributed by atoms with Gasteiger partial charge in [0.2, 0.25) is 0 Å². The molecule has 0 atom stereocenters. The predicted octanol–water partition coefficient (Wildman–Crippen LogP) is 3.37. The molecule has 1 fully saturated rings. The van der Waals surface area contributed by atoms with E-state index < -0.39 is 5.97 Å². The van der Waals surface area contributed by atoms with E-state index >= 15 is 0 Å². The number of pyridine rings is 1. The van der Waals surface area contributed by atoms with Crippen LogP contribution in [0.1, 0.15) is 15.2 Å². The van der Waals surface area contributed by atoms with Crippen LogP contribution in [-0.2, 0) is 0 Å². The molecule has 0 aliphatic carbocycles. The molecule has 0 spiro atoms. The predicted molar refractivity (Wildman–Crippen MR) is 88.8 cm³/mol. The fourth-order valence-electron chi connectivity index (χ4n) is 2.34. The summed E-state index contributed by atoms with van der Waals surface area (Å²) in [6.07, 6.45) is 0. The Balaban J connectivity index is 2.03. The van der Waals surface area contributed by atoms with Gasteiger partial charge >= 0.3 is 5.97 Å². The molecule has 21 heavy (non-hydrogen) atoms. The van der Waals surface area contributed by atoms with Crippen LogP contribution in [0.25, 0.3) is 10.6 Å². The first kappa shape index (κ1) is 14.4. The van der Waals surface area contributed by atoms with E-state index in [0.717, 1.165) is 35.2 Å². The maximum atomic E-state index is 11.4. The normalized spacial score (nSPS) is 15.2. The fraction of sp³-hybridized carbons (Fsp3) is 0.333. The molecule has 1 aliphatic heterocycles. The molecule has 2 aromatic heterocycles. The number of hydrogen-bond donors (Lipinski definition) is 1. The van der Waals surface area contributed by atoms with Crippen LogP contribution in [0.15, 0.2) is 24.3 Å². The number of thiophene rings is 1. The van der Waals surface area contributed by atoms with E-state index in [1.54, 1.807) is 23.5 Å². The highest BCUT2D eigenvalue weighted by atomic mass is 32.2. The summed E-state index contributed by atoms with van der Waals surface area (Å²) in [5, 5.41) is 9.39. The molecule has 0 unspecified atom stereocenters. The van der Waals surface area contributed by atoms with Crippen molar-refractivity contribution < 1.29 is 9.90 Å². The van der Waals surface area contributed by atoms with Crippen LogP contribution >= 0.6 is 23.1 Å². The third-order valence-electron chi connectivity index (χ3n) is 3.41. The van der Waals surface area contributed by atoms with Gasteiger partial charge in [0.1, 0.15) is 11.4 Å². The quantitative estimate of drug-likeness (QED) is 0.939. The largest absolute Gasteiger partial charge is 0.478 e. The molecule has 4 nitrogen and oxygen atoms in total. The van der Waals surface area contributed by atoms with Gasteiger partial charge in [-0.25, -0.2) is 9.78 Å². The minimum Gasteiger partial charge on any atom is -0.478 e. The Hall–Kier alpha value is -1.53. The monoisotopic (exact) mass is 320 g/mol. The summed E-state index contributed by atoms with van der Waals surface area (Å²) in [5.41, 5.74) is 1.14. The number of anilines is 1. The number of aromatic nitrogens is 1. The zero-order chi connectivity index (χ0) is 14.8. The number of carboxylic acid groups (broad SMARTS) is 1. The summed E-state index contributed by atoms with van der Waals surface area (Å²) in [4.78, 5) is 20.5. The number of nitrogens with zero attached hydrogens (tertiary/aromatic N) is 2. The Kier molecular flexibility index (Phi) is 4.17. The van der Waals surface area contributed by atoms with E-state index in [-0.39, 0.29) is 0 Å². The highest BCUT2D eigenvalue weighted by molar-refractivity contribution is 7.99. The number of aryl methyl sites for hydroxylation is 1. The molecule has 2 aromatic rings. The van der Waals surface area contributed by atoms with Crippen molar-refractivity contribution in [1.29, 1.82) is 0 Å². The first-order chi connectivity index (χ1) is 10.1. The van der Waals surface area contributed by atoms with Crippen molar-refractivity contribution in [1.82, 2.24) is 4.98 Å². The summed E-state index contributed by atoms with van der Waals surface area (Å²) in [6, 6.07) is 7.58. The van der Waals surface area contributed by atoms with Gasteiger partial charge in [0.05, 0.1) is 10.6 Å². The molecule has 3 rings (SSSR count). The van der Waals surface area contributed by atoms with Crippen molar-refractivity contribution in [3.05, 3.63) is 34.7 Å². The summed E-state index contributed by atoms with van der Waals surface area (Å²) < 4.78 is 0. The fourth-order valence-corrected chi connectivity index (χ4v) is 4.08. The van der Waals surface area contributed by atoms with Gasteiger partial charge in [0.15, 0.2) is 0 Å². The zero-order valence-electron chi connectivity index (χ0n) is 11.7. The Bertz CT molecular complexity index is 663. The van der Waals surface area contributed by atoms with Gasteiger partial charge in [-0.1, -0.05) is 0 Å². The van der Waals surface area contributed by atoms with E-state index in [4.69, 9.17) is 0 Å². The number of rotatable bonds is 3. The minimum atomic E-state index is -0.912. The van der Waals surface area contributed by atoms with Gasteiger partial charge in [-0.15, -0.1) is 11.3 Å². The molecule has 110 valence electrons. The number of thioether (sulfide) groups is 1. The molecule has 3 heterocycles. The van der Waals surface area contributed by atoms with Crippen LogP contribution in [-0.4, -0.2) is 40.7 Å². The third kappa shape index (κ3) is 3.06. The Labute approximate surface area is 131 Å². The molecule has 0 saturated carbocycles. The summed E-state index contributed by atoms with van der Waals surface area (Å²) >= 11 is 3.57. The molecule has 1 N–H and O–H groups in total. The molecule has 0 amide bonds. The molecular formula is C15H16N2O2S2. The van der Waals surface area contributed by atoms with Gasteiger partial charge in [-0.05, 0) is 31.2 Å². The number of carboxylic acids is 1. The maximum Gasteiger partial charge on any atom is 0.339 e.